The van der Waals surface area contributed by atoms with Crippen molar-refractivity contribution in [3.8, 4) is 33.6 Å². The van der Waals surface area contributed by atoms with Gasteiger partial charge in [-0.2, -0.15) is 0 Å². The molecular weight excluding hydrogens is 1040 g/mol. The van der Waals surface area contributed by atoms with Gasteiger partial charge in [0.15, 0.2) is 11.3 Å². The molecule has 0 spiro atoms. The molecule has 86 heavy (non-hydrogen) atoms. The number of fused-ring (bicyclic) bond motifs is 22. The first-order valence-corrected chi connectivity index (χ1v) is 30.1. The molecule has 0 N–H and O–H groups in total. The lowest BCUT2D eigenvalue weighted by atomic mass is 9.84. The van der Waals surface area contributed by atoms with Gasteiger partial charge in [-0.05, 0) is 152 Å². The van der Waals surface area contributed by atoms with Crippen LogP contribution in [0.5, 0.6) is 0 Å². The lowest BCUT2D eigenvalue weighted by Gasteiger charge is -2.21. The van der Waals surface area contributed by atoms with E-state index in [9.17, 15) is 0 Å². The van der Waals surface area contributed by atoms with E-state index in [1.54, 1.807) is 0 Å². The summed E-state index contributed by atoms with van der Waals surface area (Å²) in [5.74, 6) is 0. The Kier molecular flexibility index (Phi) is 9.25. The van der Waals surface area contributed by atoms with E-state index in [2.05, 4.69) is 290 Å². The maximum atomic E-state index is 6.14. The molecule has 0 amide bonds. The molecule has 0 aliphatic heterocycles. The lowest BCUT2D eigenvalue weighted by Crippen LogP contribution is -2.11. The third kappa shape index (κ3) is 6.29. The Hall–Kier alpha value is -10.6. The van der Waals surface area contributed by atoms with Crippen molar-refractivity contribution in [2.75, 3.05) is 0 Å². The molecule has 7 aromatic heterocycles. The summed E-state index contributed by atoms with van der Waals surface area (Å²) < 4.78 is 9.83. The number of nitrogens with zero attached hydrogens (tertiary/aromatic N) is 6. The van der Waals surface area contributed by atoms with Gasteiger partial charge in [-0.25, -0.2) is 9.97 Å². The Bertz CT molecular complexity index is 5760. The Morgan fingerprint density at radius 3 is 1.07 bits per heavy atom. The summed E-state index contributed by atoms with van der Waals surface area (Å²) in [6.07, 6.45) is 0. The van der Waals surface area contributed by atoms with Gasteiger partial charge in [-0.1, -0.05) is 175 Å². The average molecular weight is 1100 g/mol. The van der Waals surface area contributed by atoms with Crippen LogP contribution in [0.2, 0.25) is 0 Å². The Morgan fingerprint density at radius 2 is 0.651 bits per heavy atom. The fourth-order valence-corrected chi connectivity index (χ4v) is 15.2. The Morgan fingerprint density at radius 1 is 0.291 bits per heavy atom. The first kappa shape index (κ1) is 47.9. The summed E-state index contributed by atoms with van der Waals surface area (Å²) in [5, 5.41) is 16.8. The molecule has 406 valence electrons. The molecule has 0 fully saturated rings. The van der Waals surface area contributed by atoms with Crippen LogP contribution in [-0.4, -0.2) is 27.9 Å². The fraction of sp³-hybridized carbons (Fsp3) is 0.100. The zero-order valence-corrected chi connectivity index (χ0v) is 48.6. The average Bonchev–Trinajstić information content (AvgIpc) is 1.51. The lowest BCUT2D eigenvalue weighted by molar-refractivity contribution is 0.591. The summed E-state index contributed by atoms with van der Waals surface area (Å²) in [6, 6.07) is 86.0. The monoisotopic (exact) mass is 1100 g/mol. The maximum Gasteiger partial charge on any atom is 0.165 e. The summed E-state index contributed by atoms with van der Waals surface area (Å²) in [7, 11) is 0. The van der Waals surface area contributed by atoms with Gasteiger partial charge in [0.1, 0.15) is 11.0 Å². The molecule has 7 heterocycles. The minimum Gasteiger partial charge on any atom is -0.309 e. The molecular formula is C80H56N6. The summed E-state index contributed by atoms with van der Waals surface area (Å²) in [4.78, 5) is 12.3. The van der Waals surface area contributed by atoms with Crippen molar-refractivity contribution in [2.24, 2.45) is 0 Å². The number of hydrogen-bond acceptors (Lipinski definition) is 2. The van der Waals surface area contributed by atoms with E-state index < -0.39 is 0 Å². The van der Waals surface area contributed by atoms with Gasteiger partial charge in [0, 0.05) is 76.4 Å². The highest BCUT2D eigenvalue weighted by molar-refractivity contribution is 6.35. The third-order valence-electron chi connectivity index (χ3n) is 19.2. The molecule has 0 radical (unpaired) electrons. The SMILES string of the molecule is CC(C)(C)c1cc(-c2ccc3c(c2)c2ccccc2n3-c2ccccc2)c2c(c1)c1cc3ccccc3c3c4nc5c(nc4n2c13)c1c2ccccc2cc2c3cc(C(C)(C)C)cc(-c4ccc6c(c4)c4ccccc4n6-c4ccccc4)c3n5c21. The summed E-state index contributed by atoms with van der Waals surface area (Å²) >= 11 is 0. The van der Waals surface area contributed by atoms with E-state index in [-0.39, 0.29) is 10.8 Å². The van der Waals surface area contributed by atoms with Crippen LogP contribution in [0.15, 0.2) is 231 Å². The molecule has 19 rings (SSSR count). The quantitative estimate of drug-likeness (QED) is 0.176. The molecule has 0 aliphatic carbocycles. The van der Waals surface area contributed by atoms with Crippen LogP contribution >= 0.6 is 0 Å². The van der Waals surface area contributed by atoms with Crippen molar-refractivity contribution < 1.29 is 0 Å². The second-order valence-electron chi connectivity index (χ2n) is 26.2. The molecule has 19 aromatic rings. The minimum absolute atomic E-state index is 0.136. The normalized spacial score (nSPS) is 13.0. The van der Waals surface area contributed by atoms with Crippen molar-refractivity contribution in [1.82, 2.24) is 27.9 Å². The standard InChI is InChI=1S/C80H56N6/c1-79(2,3)49-41-57(47-33-35-67-59(37-47)55-29-17-19-31-65(55)83(67)51-23-9-7-10-24-51)73-63(43-49)61-39-45-21-13-15-27-53(45)69-71-77(85(73)75(61)69)81-72-70-54-28-16-14-22-46(54)40-62-64-44-50(80(4,5)6)42-58(74(64)86(76(62)70)78(72)82-71)48-34-36-68-60(38-48)56-30-18-20-32-66(56)84(68)52-25-11-8-12-26-52/h7-44H,1-6H3. The molecule has 0 aliphatic rings. The summed E-state index contributed by atoms with van der Waals surface area (Å²) in [6.45, 7) is 14.0. The number of para-hydroxylation sites is 4. The van der Waals surface area contributed by atoms with Crippen LogP contribution in [0.3, 0.4) is 0 Å². The van der Waals surface area contributed by atoms with Gasteiger partial charge in [0.25, 0.3) is 0 Å². The Labute approximate surface area is 494 Å². The van der Waals surface area contributed by atoms with Gasteiger partial charge in [-0.15, -0.1) is 0 Å². The molecule has 6 nitrogen and oxygen atoms in total. The molecule has 0 saturated heterocycles. The highest BCUT2D eigenvalue weighted by Gasteiger charge is 2.31. The first-order valence-electron chi connectivity index (χ1n) is 30.1. The van der Waals surface area contributed by atoms with Crippen LogP contribution in [0, 0.1) is 0 Å². The highest BCUT2D eigenvalue weighted by Crippen LogP contribution is 2.51. The number of benzene rings is 12. The first-order chi connectivity index (χ1) is 41.9. The van der Waals surface area contributed by atoms with E-state index >= 15 is 0 Å². The summed E-state index contributed by atoms with van der Waals surface area (Å²) in [5.41, 5.74) is 22.2. The van der Waals surface area contributed by atoms with Crippen molar-refractivity contribution in [2.45, 2.75) is 52.4 Å². The minimum atomic E-state index is -0.136. The van der Waals surface area contributed by atoms with E-state index in [1.165, 1.54) is 120 Å². The van der Waals surface area contributed by atoms with Crippen LogP contribution in [-0.2, 0) is 10.8 Å². The second-order valence-corrected chi connectivity index (χ2v) is 26.2. The van der Waals surface area contributed by atoms with Crippen LogP contribution in [0.4, 0.5) is 0 Å². The molecule has 12 aromatic carbocycles. The van der Waals surface area contributed by atoms with Crippen LogP contribution < -0.4 is 0 Å². The number of rotatable bonds is 4. The highest BCUT2D eigenvalue weighted by atomic mass is 15.1. The molecule has 0 saturated carbocycles. The van der Waals surface area contributed by atoms with Crippen LogP contribution in [0.1, 0.15) is 52.7 Å². The van der Waals surface area contributed by atoms with Crippen molar-refractivity contribution >= 4 is 142 Å². The predicted octanol–water partition coefficient (Wildman–Crippen LogP) is 21.2. The fourth-order valence-electron chi connectivity index (χ4n) is 15.2. The smallest absolute Gasteiger partial charge is 0.165 e. The number of hydrogen-bond donors (Lipinski definition) is 0. The van der Waals surface area contributed by atoms with Gasteiger partial charge < -0.3 is 9.13 Å². The third-order valence-corrected chi connectivity index (χ3v) is 19.2. The van der Waals surface area contributed by atoms with E-state index in [4.69, 9.17) is 9.97 Å². The van der Waals surface area contributed by atoms with Crippen molar-refractivity contribution in [1.29, 1.82) is 0 Å². The molecule has 0 unspecified atom stereocenters. The zero-order chi connectivity index (χ0) is 57.2. The molecule has 0 bridgehead atoms. The maximum absolute atomic E-state index is 6.14. The predicted molar refractivity (Wildman–Crippen MR) is 363 cm³/mol. The van der Waals surface area contributed by atoms with E-state index in [1.807, 2.05) is 0 Å². The largest absolute Gasteiger partial charge is 0.309 e. The van der Waals surface area contributed by atoms with Crippen LogP contribution in [0.25, 0.3) is 175 Å². The van der Waals surface area contributed by atoms with Gasteiger partial charge >= 0.3 is 0 Å². The van der Waals surface area contributed by atoms with Gasteiger partial charge in [0.2, 0.25) is 0 Å². The molecule has 0 atom stereocenters. The van der Waals surface area contributed by atoms with Crippen molar-refractivity contribution in [3.63, 3.8) is 0 Å². The molecule has 6 heteroatoms. The van der Waals surface area contributed by atoms with Gasteiger partial charge in [-0.3, -0.25) is 8.80 Å². The van der Waals surface area contributed by atoms with Gasteiger partial charge in [0.05, 0.1) is 44.1 Å². The topological polar surface area (TPSA) is 44.5 Å². The van der Waals surface area contributed by atoms with Crippen molar-refractivity contribution in [3.05, 3.63) is 242 Å². The second kappa shape index (κ2) is 16.6. The van der Waals surface area contributed by atoms with E-state index in [0.29, 0.717) is 0 Å². The zero-order valence-electron chi connectivity index (χ0n) is 48.6. The Balaban J connectivity index is 0.967. The van der Waals surface area contributed by atoms with E-state index in [0.717, 1.165) is 66.5 Å². The number of aromatic nitrogens is 6.